The molecule has 3 amide bonds. The maximum atomic E-state index is 13.2. The number of rotatable bonds is 5. The maximum Gasteiger partial charge on any atom is 0.425 e. The fourth-order valence-electron chi connectivity index (χ4n) is 3.20. The van der Waals surface area contributed by atoms with Crippen LogP contribution in [0.25, 0.3) is 22.7 Å². The first-order valence-electron chi connectivity index (χ1n) is 11.8. The largest absolute Gasteiger partial charge is 0.465 e. The number of hydrogen-bond acceptors (Lipinski definition) is 9. The number of aromatic nitrogens is 3. The molecule has 0 unspecified atom stereocenters. The molecule has 0 saturated heterocycles. The van der Waals surface area contributed by atoms with Crippen LogP contribution < -0.4 is 4.90 Å². The number of anilines is 1. The molecule has 0 spiro atoms. The summed E-state index contributed by atoms with van der Waals surface area (Å²) in [5, 5.41) is 13.2. The van der Waals surface area contributed by atoms with Crippen molar-refractivity contribution in [1.29, 1.82) is 0 Å². The van der Waals surface area contributed by atoms with Gasteiger partial charge < -0.3 is 24.0 Å². The Morgan fingerprint density at radius 1 is 1.00 bits per heavy atom. The number of hydrogen-bond donors (Lipinski definition) is 1. The molecular weight excluding hydrogens is 574 g/mol. The van der Waals surface area contributed by atoms with E-state index in [0.29, 0.717) is 20.8 Å². The molecule has 0 saturated carbocycles. The SMILES string of the molecule is CN(Cc1ccc(-c2cc(-c3nc(Br)cnc3N(C(=O)OC(C)(C)C)C(=O)OC(C)(C)C)on2)cc1)C(=O)O. The zero-order valence-electron chi connectivity index (χ0n) is 22.7. The number of carboxylic acid groups (broad SMARTS) is 1. The molecular formula is C26H30BrN5O7. The minimum atomic E-state index is -1.03. The van der Waals surface area contributed by atoms with Gasteiger partial charge in [-0.25, -0.2) is 24.4 Å². The van der Waals surface area contributed by atoms with Crippen LogP contribution in [0.1, 0.15) is 47.1 Å². The molecule has 0 aliphatic carbocycles. The third kappa shape index (κ3) is 7.99. The van der Waals surface area contributed by atoms with Gasteiger partial charge in [-0.1, -0.05) is 29.4 Å². The zero-order valence-corrected chi connectivity index (χ0v) is 24.3. The van der Waals surface area contributed by atoms with Crippen LogP contribution >= 0.6 is 15.9 Å². The maximum absolute atomic E-state index is 13.2. The van der Waals surface area contributed by atoms with Crippen molar-refractivity contribution in [3.8, 4) is 22.7 Å². The predicted molar refractivity (Wildman–Crippen MR) is 145 cm³/mol. The lowest BCUT2D eigenvalue weighted by Crippen LogP contribution is -2.44. The van der Waals surface area contributed by atoms with Gasteiger partial charge in [0.15, 0.2) is 17.3 Å². The van der Waals surface area contributed by atoms with Gasteiger partial charge in [0, 0.05) is 25.2 Å². The highest BCUT2D eigenvalue weighted by molar-refractivity contribution is 9.10. The Kier molecular flexibility index (Phi) is 8.64. The van der Waals surface area contributed by atoms with E-state index in [9.17, 15) is 14.4 Å². The lowest BCUT2D eigenvalue weighted by Gasteiger charge is -2.28. The van der Waals surface area contributed by atoms with Crippen molar-refractivity contribution in [2.24, 2.45) is 0 Å². The number of carbonyl (C=O) groups excluding carboxylic acids is 2. The lowest BCUT2D eigenvalue weighted by atomic mass is 10.1. The molecule has 13 heteroatoms. The lowest BCUT2D eigenvalue weighted by molar-refractivity contribution is 0.0429. The number of nitrogens with zero attached hydrogens (tertiary/aromatic N) is 5. The Balaban J connectivity index is 2.01. The second-order valence-electron chi connectivity index (χ2n) is 10.6. The molecule has 2 heterocycles. The summed E-state index contributed by atoms with van der Waals surface area (Å²) in [7, 11) is 1.48. The number of amides is 3. The second-order valence-corrected chi connectivity index (χ2v) is 11.4. The van der Waals surface area contributed by atoms with E-state index in [2.05, 4.69) is 31.1 Å². The van der Waals surface area contributed by atoms with Gasteiger partial charge in [-0.05, 0) is 63.0 Å². The summed E-state index contributed by atoms with van der Waals surface area (Å²) in [6.45, 7) is 10.2. The van der Waals surface area contributed by atoms with Crippen molar-refractivity contribution < 1.29 is 33.5 Å². The predicted octanol–water partition coefficient (Wildman–Crippen LogP) is 6.35. The Labute approximate surface area is 234 Å². The Morgan fingerprint density at radius 2 is 1.56 bits per heavy atom. The van der Waals surface area contributed by atoms with Gasteiger partial charge in [0.25, 0.3) is 0 Å². The van der Waals surface area contributed by atoms with Crippen LogP contribution in [0.3, 0.4) is 0 Å². The normalized spacial score (nSPS) is 11.6. The van der Waals surface area contributed by atoms with E-state index < -0.39 is 29.5 Å². The highest BCUT2D eigenvalue weighted by Crippen LogP contribution is 2.33. The highest BCUT2D eigenvalue weighted by atomic mass is 79.9. The van der Waals surface area contributed by atoms with Crippen LogP contribution in [0.4, 0.5) is 20.2 Å². The van der Waals surface area contributed by atoms with Crippen LogP contribution in [-0.4, -0.2) is 61.7 Å². The van der Waals surface area contributed by atoms with Gasteiger partial charge >= 0.3 is 18.3 Å². The van der Waals surface area contributed by atoms with Crippen LogP contribution in [0.15, 0.2) is 45.7 Å². The number of benzene rings is 1. The molecule has 1 N–H and O–H groups in total. The summed E-state index contributed by atoms with van der Waals surface area (Å²) in [5.41, 5.74) is 0.137. The fraction of sp³-hybridized carbons (Fsp3) is 0.385. The third-order valence-corrected chi connectivity index (χ3v) is 5.21. The summed E-state index contributed by atoms with van der Waals surface area (Å²) < 4.78 is 16.8. The number of halogens is 1. The van der Waals surface area contributed by atoms with E-state index in [0.717, 1.165) is 10.5 Å². The number of carbonyl (C=O) groups is 3. The van der Waals surface area contributed by atoms with E-state index in [-0.39, 0.29) is 23.8 Å². The first kappa shape index (κ1) is 29.6. The van der Waals surface area contributed by atoms with Gasteiger partial charge in [0.1, 0.15) is 21.5 Å². The molecule has 1 aromatic carbocycles. The van der Waals surface area contributed by atoms with Gasteiger partial charge in [0.2, 0.25) is 0 Å². The topological polar surface area (TPSA) is 148 Å². The summed E-state index contributed by atoms with van der Waals surface area (Å²) in [6, 6.07) is 8.68. The van der Waals surface area contributed by atoms with Gasteiger partial charge in [0.05, 0.1) is 6.20 Å². The Morgan fingerprint density at radius 3 is 2.08 bits per heavy atom. The number of ether oxygens (including phenoxy) is 2. The molecule has 0 atom stereocenters. The molecule has 39 heavy (non-hydrogen) atoms. The Hall–Kier alpha value is -4.00. The van der Waals surface area contributed by atoms with Gasteiger partial charge in [-0.15, -0.1) is 0 Å². The van der Waals surface area contributed by atoms with E-state index in [1.165, 1.54) is 13.2 Å². The molecule has 0 radical (unpaired) electrons. The monoisotopic (exact) mass is 603 g/mol. The van der Waals surface area contributed by atoms with Crippen LogP contribution in [0.2, 0.25) is 0 Å². The molecule has 0 fully saturated rings. The van der Waals surface area contributed by atoms with Crippen molar-refractivity contribution in [3.05, 3.63) is 46.7 Å². The molecule has 3 aromatic rings. The van der Waals surface area contributed by atoms with Gasteiger partial charge in [-0.3, -0.25) is 0 Å². The molecule has 0 bridgehead atoms. The molecule has 0 aliphatic heterocycles. The standard InChI is InChI=1S/C26H30BrN5O7/c1-25(2,3)37-23(35)32(24(36)38-26(4,5)6)21-20(29-19(27)13-28-21)18-12-17(30-39-18)16-10-8-15(9-11-16)14-31(7)22(33)34/h8-13H,14H2,1-7H3,(H,33,34). The minimum absolute atomic E-state index is 0.0412. The van der Waals surface area contributed by atoms with Crippen molar-refractivity contribution in [1.82, 2.24) is 20.0 Å². The summed E-state index contributed by atoms with van der Waals surface area (Å²) in [6.07, 6.45) is -1.71. The number of imide groups is 1. The molecule has 0 aliphatic rings. The van der Waals surface area contributed by atoms with Crippen molar-refractivity contribution in [3.63, 3.8) is 0 Å². The average Bonchev–Trinajstić information content (AvgIpc) is 3.28. The van der Waals surface area contributed by atoms with Crippen molar-refractivity contribution in [2.75, 3.05) is 11.9 Å². The smallest absolute Gasteiger partial charge is 0.425 e. The van der Waals surface area contributed by atoms with Crippen molar-refractivity contribution in [2.45, 2.75) is 59.3 Å². The molecule has 2 aromatic heterocycles. The summed E-state index contributed by atoms with van der Waals surface area (Å²) in [4.78, 5) is 47.9. The van der Waals surface area contributed by atoms with E-state index in [4.69, 9.17) is 19.1 Å². The average molecular weight is 604 g/mol. The first-order valence-corrected chi connectivity index (χ1v) is 12.6. The van der Waals surface area contributed by atoms with E-state index in [1.54, 1.807) is 71.9 Å². The first-order chi connectivity index (χ1) is 18.0. The Bertz CT molecular complexity index is 1330. The zero-order chi connectivity index (χ0) is 29.1. The summed E-state index contributed by atoms with van der Waals surface area (Å²) in [5.74, 6) is -0.0444. The van der Waals surface area contributed by atoms with Crippen LogP contribution in [0, 0.1) is 0 Å². The molecule has 12 nitrogen and oxygen atoms in total. The summed E-state index contributed by atoms with van der Waals surface area (Å²) >= 11 is 3.27. The molecule has 208 valence electrons. The third-order valence-electron chi connectivity index (χ3n) is 4.83. The van der Waals surface area contributed by atoms with Gasteiger partial charge in [-0.2, -0.15) is 4.90 Å². The van der Waals surface area contributed by atoms with Crippen molar-refractivity contribution >= 4 is 40.0 Å². The quantitative estimate of drug-likeness (QED) is 0.349. The second kappa shape index (κ2) is 11.4. The minimum Gasteiger partial charge on any atom is -0.465 e. The van der Waals surface area contributed by atoms with Crippen LogP contribution in [-0.2, 0) is 16.0 Å². The van der Waals surface area contributed by atoms with Crippen LogP contribution in [0.5, 0.6) is 0 Å². The van der Waals surface area contributed by atoms with E-state index in [1.807, 2.05) is 0 Å². The molecule has 3 rings (SSSR count). The fourth-order valence-corrected chi connectivity index (χ4v) is 3.48. The highest BCUT2D eigenvalue weighted by Gasteiger charge is 2.36. The van der Waals surface area contributed by atoms with E-state index >= 15 is 0 Å².